The number of halogens is 2. The van der Waals surface area contributed by atoms with Crippen LogP contribution in [0.15, 0.2) is 45.3 Å². The van der Waals surface area contributed by atoms with E-state index in [9.17, 15) is 9.59 Å². The Morgan fingerprint density at radius 2 is 1.71 bits per heavy atom. The first kappa shape index (κ1) is 18.5. The van der Waals surface area contributed by atoms with Crippen LogP contribution in [0, 0.1) is 0 Å². The molecule has 2 aromatic rings. The van der Waals surface area contributed by atoms with E-state index in [2.05, 4.69) is 31.9 Å². The minimum atomic E-state index is -0.585. The number of carbonyl (C=O) groups excluding carboxylic acids is 2. The zero-order valence-corrected chi connectivity index (χ0v) is 16.1. The smallest absolute Gasteiger partial charge is 0.349 e. The lowest BCUT2D eigenvalue weighted by atomic mass is 10.1. The van der Waals surface area contributed by atoms with E-state index in [0.717, 1.165) is 4.47 Å². The predicted molar refractivity (Wildman–Crippen MR) is 96.0 cm³/mol. The average molecular weight is 458 g/mol. The number of carbonyl (C=O) groups is 2. The molecule has 0 aliphatic rings. The van der Waals surface area contributed by atoms with E-state index >= 15 is 0 Å². The molecule has 0 bridgehead atoms. The minimum Gasteiger partial charge on any atom is -0.493 e. The van der Waals surface area contributed by atoms with Crippen molar-refractivity contribution in [3.8, 4) is 17.2 Å². The molecule has 5 nitrogen and oxygen atoms in total. The van der Waals surface area contributed by atoms with Crippen molar-refractivity contribution >= 4 is 43.6 Å². The second kappa shape index (κ2) is 8.30. The van der Waals surface area contributed by atoms with Gasteiger partial charge in [0.25, 0.3) is 0 Å². The van der Waals surface area contributed by atoms with Crippen molar-refractivity contribution in [2.45, 2.75) is 6.92 Å². The van der Waals surface area contributed by atoms with E-state index in [1.807, 2.05) is 6.07 Å². The molecule has 0 radical (unpaired) electrons. The molecule has 126 valence electrons. The van der Waals surface area contributed by atoms with E-state index in [4.69, 9.17) is 14.2 Å². The van der Waals surface area contributed by atoms with Gasteiger partial charge in [-0.05, 0) is 59.3 Å². The lowest BCUT2D eigenvalue weighted by Crippen LogP contribution is -2.18. The molecule has 2 rings (SSSR count). The SMILES string of the molecule is COc1cc(C(C)=O)ccc1OC(=O)COc1ccc(Br)cc1Br. The summed E-state index contributed by atoms with van der Waals surface area (Å²) in [5, 5.41) is 0. The zero-order valence-electron chi connectivity index (χ0n) is 13.0. The average Bonchev–Trinajstić information content (AvgIpc) is 2.54. The molecular formula is C17H14Br2O5. The van der Waals surface area contributed by atoms with Crippen molar-refractivity contribution in [3.63, 3.8) is 0 Å². The zero-order chi connectivity index (χ0) is 17.7. The fourth-order valence-corrected chi connectivity index (χ4v) is 3.01. The van der Waals surface area contributed by atoms with Crippen LogP contribution in [0.3, 0.4) is 0 Å². The van der Waals surface area contributed by atoms with Gasteiger partial charge in [-0.3, -0.25) is 4.79 Å². The number of methoxy groups -OCH3 is 1. The molecule has 0 aromatic heterocycles. The summed E-state index contributed by atoms with van der Waals surface area (Å²) < 4.78 is 17.4. The van der Waals surface area contributed by atoms with Crippen LogP contribution in [0.25, 0.3) is 0 Å². The van der Waals surface area contributed by atoms with Gasteiger partial charge in [0, 0.05) is 10.0 Å². The van der Waals surface area contributed by atoms with E-state index in [-0.39, 0.29) is 18.1 Å². The van der Waals surface area contributed by atoms with Gasteiger partial charge in [-0.2, -0.15) is 0 Å². The Morgan fingerprint density at radius 3 is 2.33 bits per heavy atom. The first-order chi connectivity index (χ1) is 11.4. The van der Waals surface area contributed by atoms with E-state index in [1.165, 1.54) is 26.2 Å². The van der Waals surface area contributed by atoms with Gasteiger partial charge in [-0.25, -0.2) is 4.79 Å². The maximum Gasteiger partial charge on any atom is 0.349 e. The number of benzene rings is 2. The van der Waals surface area contributed by atoms with E-state index in [0.29, 0.717) is 21.5 Å². The van der Waals surface area contributed by atoms with Crippen LogP contribution in [-0.4, -0.2) is 25.5 Å². The van der Waals surface area contributed by atoms with Crippen molar-refractivity contribution in [1.29, 1.82) is 0 Å². The number of ether oxygens (including phenoxy) is 3. The highest BCUT2D eigenvalue weighted by molar-refractivity contribution is 9.11. The summed E-state index contributed by atoms with van der Waals surface area (Å²) in [6.07, 6.45) is 0. The number of Topliss-reactive ketones (excluding diaryl/α,β-unsaturated/α-hetero) is 1. The fraction of sp³-hybridized carbons (Fsp3) is 0.176. The van der Waals surface area contributed by atoms with Crippen molar-refractivity contribution in [3.05, 3.63) is 50.9 Å². The van der Waals surface area contributed by atoms with Crippen LogP contribution >= 0.6 is 31.9 Å². The highest BCUT2D eigenvalue weighted by atomic mass is 79.9. The van der Waals surface area contributed by atoms with Crippen LogP contribution in [0.2, 0.25) is 0 Å². The summed E-state index contributed by atoms with van der Waals surface area (Å²) in [6, 6.07) is 9.95. The maximum absolute atomic E-state index is 12.0. The van der Waals surface area contributed by atoms with Crippen LogP contribution in [0.5, 0.6) is 17.2 Å². The van der Waals surface area contributed by atoms with Gasteiger partial charge in [0.1, 0.15) is 5.75 Å². The lowest BCUT2D eigenvalue weighted by molar-refractivity contribution is -0.136. The molecule has 0 atom stereocenters. The van der Waals surface area contributed by atoms with Crippen LogP contribution in [0.4, 0.5) is 0 Å². The second-order valence-electron chi connectivity index (χ2n) is 4.76. The van der Waals surface area contributed by atoms with Gasteiger partial charge < -0.3 is 14.2 Å². The molecule has 0 aliphatic heterocycles. The van der Waals surface area contributed by atoms with Gasteiger partial charge in [0.15, 0.2) is 23.9 Å². The Morgan fingerprint density at radius 1 is 1.00 bits per heavy atom. The first-order valence-corrected chi connectivity index (χ1v) is 8.47. The van der Waals surface area contributed by atoms with Gasteiger partial charge in [0.2, 0.25) is 0 Å². The lowest BCUT2D eigenvalue weighted by Gasteiger charge is -2.11. The Bertz CT molecular complexity index is 774. The largest absolute Gasteiger partial charge is 0.493 e. The quantitative estimate of drug-likeness (QED) is 0.365. The summed E-state index contributed by atoms with van der Waals surface area (Å²) in [7, 11) is 1.44. The van der Waals surface area contributed by atoms with Crippen molar-refractivity contribution in [2.75, 3.05) is 13.7 Å². The van der Waals surface area contributed by atoms with Gasteiger partial charge in [-0.1, -0.05) is 15.9 Å². The van der Waals surface area contributed by atoms with Crippen LogP contribution in [0.1, 0.15) is 17.3 Å². The summed E-state index contributed by atoms with van der Waals surface area (Å²) in [6.45, 7) is 1.18. The molecule has 0 N–H and O–H groups in total. The maximum atomic E-state index is 12.0. The molecule has 0 saturated carbocycles. The standard InChI is InChI=1S/C17H14Br2O5/c1-10(20)11-3-5-15(16(7-11)22-2)24-17(21)9-23-14-6-4-12(18)8-13(14)19/h3-8H,9H2,1-2H3. The monoisotopic (exact) mass is 456 g/mol. The van der Waals surface area contributed by atoms with Crippen LogP contribution < -0.4 is 14.2 Å². The second-order valence-corrected chi connectivity index (χ2v) is 6.53. The van der Waals surface area contributed by atoms with E-state index < -0.39 is 5.97 Å². The third-order valence-electron chi connectivity index (χ3n) is 3.03. The Labute approximate surface area is 156 Å². The molecular weight excluding hydrogens is 444 g/mol. The summed E-state index contributed by atoms with van der Waals surface area (Å²) in [5.41, 5.74) is 0.474. The molecule has 0 aliphatic carbocycles. The third kappa shape index (κ3) is 4.82. The molecule has 0 saturated heterocycles. The normalized spacial score (nSPS) is 10.2. The molecule has 24 heavy (non-hydrogen) atoms. The highest BCUT2D eigenvalue weighted by Crippen LogP contribution is 2.30. The number of hydrogen-bond acceptors (Lipinski definition) is 5. The molecule has 0 fully saturated rings. The number of ketones is 1. The summed E-state index contributed by atoms with van der Waals surface area (Å²) >= 11 is 6.69. The number of esters is 1. The van der Waals surface area contributed by atoms with Gasteiger partial charge in [-0.15, -0.1) is 0 Å². The van der Waals surface area contributed by atoms with Gasteiger partial charge >= 0.3 is 5.97 Å². The molecule has 0 spiro atoms. The first-order valence-electron chi connectivity index (χ1n) is 6.88. The minimum absolute atomic E-state index is 0.102. The molecule has 0 amide bonds. The Balaban J connectivity index is 2.03. The highest BCUT2D eigenvalue weighted by Gasteiger charge is 2.13. The number of hydrogen-bond donors (Lipinski definition) is 0. The predicted octanol–water partition coefficient (Wildman–Crippen LogP) is 4.41. The van der Waals surface area contributed by atoms with Crippen molar-refractivity contribution in [1.82, 2.24) is 0 Å². The Hall–Kier alpha value is -1.86. The summed E-state index contributed by atoms with van der Waals surface area (Å²) in [4.78, 5) is 23.3. The Kier molecular flexibility index (Phi) is 6.39. The van der Waals surface area contributed by atoms with Crippen molar-refractivity contribution < 1.29 is 23.8 Å². The van der Waals surface area contributed by atoms with Crippen LogP contribution in [-0.2, 0) is 4.79 Å². The molecule has 0 heterocycles. The van der Waals surface area contributed by atoms with Crippen molar-refractivity contribution in [2.24, 2.45) is 0 Å². The third-order valence-corrected chi connectivity index (χ3v) is 4.15. The van der Waals surface area contributed by atoms with Gasteiger partial charge in [0.05, 0.1) is 11.6 Å². The molecule has 0 unspecified atom stereocenters. The molecule has 7 heteroatoms. The topological polar surface area (TPSA) is 61.8 Å². The number of rotatable bonds is 6. The van der Waals surface area contributed by atoms with E-state index in [1.54, 1.807) is 18.2 Å². The fourth-order valence-electron chi connectivity index (χ4n) is 1.85. The summed E-state index contributed by atoms with van der Waals surface area (Å²) in [5.74, 6) is 0.370. The molecule has 2 aromatic carbocycles.